The summed E-state index contributed by atoms with van der Waals surface area (Å²) >= 11 is 0. The molecule has 1 aliphatic rings. The van der Waals surface area contributed by atoms with Gasteiger partial charge in [-0.25, -0.2) is 9.18 Å². The number of carbonyl (C=O) groups excluding carboxylic acids is 1. The first kappa shape index (κ1) is 16.3. The standard InChI is InChI=1S/C17H23FN2O2/c1-22-16-8-7-14(11-15(16)18)12-20-17(21)19-10-9-13-5-3-2-4-6-13/h5,7-8,11H,2-4,6,9-10,12H2,1H3,(H2,19,20,21). The Morgan fingerprint density at radius 2 is 2.18 bits per heavy atom. The van der Waals surface area contributed by atoms with Crippen LogP contribution in [-0.2, 0) is 6.54 Å². The van der Waals surface area contributed by atoms with Crippen LogP contribution in [0.4, 0.5) is 9.18 Å². The number of hydrogen-bond acceptors (Lipinski definition) is 2. The molecule has 0 spiro atoms. The molecule has 5 heteroatoms. The number of halogens is 1. The van der Waals surface area contributed by atoms with Crippen LogP contribution in [0.1, 0.15) is 37.7 Å². The number of benzene rings is 1. The van der Waals surface area contributed by atoms with Gasteiger partial charge in [-0.2, -0.15) is 0 Å². The van der Waals surface area contributed by atoms with Crippen molar-refractivity contribution in [2.75, 3.05) is 13.7 Å². The molecule has 1 aliphatic carbocycles. The van der Waals surface area contributed by atoms with E-state index in [1.54, 1.807) is 12.1 Å². The molecule has 0 bridgehead atoms. The van der Waals surface area contributed by atoms with Crippen LogP contribution in [0.15, 0.2) is 29.8 Å². The second-order valence-corrected chi connectivity index (χ2v) is 5.44. The predicted octanol–water partition coefficient (Wildman–Crippen LogP) is 3.52. The Morgan fingerprint density at radius 1 is 1.32 bits per heavy atom. The van der Waals surface area contributed by atoms with Gasteiger partial charge in [0.05, 0.1) is 7.11 Å². The predicted molar refractivity (Wildman–Crippen MR) is 84.4 cm³/mol. The van der Waals surface area contributed by atoms with Crippen molar-refractivity contribution in [3.8, 4) is 5.75 Å². The summed E-state index contributed by atoms with van der Waals surface area (Å²) in [6.07, 6.45) is 8.02. The minimum Gasteiger partial charge on any atom is -0.494 e. The molecule has 0 radical (unpaired) electrons. The van der Waals surface area contributed by atoms with Crippen molar-refractivity contribution >= 4 is 6.03 Å². The lowest BCUT2D eigenvalue weighted by Gasteiger charge is -2.13. The Labute approximate surface area is 130 Å². The number of rotatable bonds is 6. The Bertz CT molecular complexity index is 543. The van der Waals surface area contributed by atoms with Gasteiger partial charge in [0, 0.05) is 13.1 Å². The molecule has 0 aromatic heterocycles. The molecular weight excluding hydrogens is 283 g/mol. The second-order valence-electron chi connectivity index (χ2n) is 5.44. The lowest BCUT2D eigenvalue weighted by molar-refractivity contribution is 0.240. The molecule has 0 saturated heterocycles. The van der Waals surface area contributed by atoms with Gasteiger partial charge in [0.1, 0.15) is 0 Å². The average molecular weight is 306 g/mol. The minimum atomic E-state index is -0.425. The lowest BCUT2D eigenvalue weighted by Crippen LogP contribution is -2.35. The Hall–Kier alpha value is -2.04. The summed E-state index contributed by atoms with van der Waals surface area (Å²) in [5.41, 5.74) is 2.13. The van der Waals surface area contributed by atoms with E-state index in [2.05, 4.69) is 16.7 Å². The summed E-state index contributed by atoms with van der Waals surface area (Å²) in [6.45, 7) is 0.921. The number of allylic oxidation sites excluding steroid dienone is 1. The summed E-state index contributed by atoms with van der Waals surface area (Å²) in [5, 5.41) is 5.55. The maximum absolute atomic E-state index is 13.5. The first-order valence-corrected chi connectivity index (χ1v) is 7.71. The number of carbonyl (C=O) groups is 1. The third-order valence-electron chi connectivity index (χ3n) is 3.79. The van der Waals surface area contributed by atoms with E-state index in [0.717, 1.165) is 19.3 Å². The third kappa shape index (κ3) is 5.06. The van der Waals surface area contributed by atoms with Gasteiger partial charge >= 0.3 is 6.03 Å². The van der Waals surface area contributed by atoms with E-state index >= 15 is 0 Å². The summed E-state index contributed by atoms with van der Waals surface area (Å²) in [4.78, 5) is 11.7. The number of methoxy groups -OCH3 is 1. The van der Waals surface area contributed by atoms with Crippen molar-refractivity contribution in [2.24, 2.45) is 0 Å². The summed E-state index contributed by atoms with van der Waals surface area (Å²) in [6, 6.07) is 4.42. The van der Waals surface area contributed by atoms with Crippen molar-refractivity contribution in [1.82, 2.24) is 10.6 Å². The normalized spacial score (nSPS) is 14.2. The van der Waals surface area contributed by atoms with Gasteiger partial charge in [-0.15, -0.1) is 0 Å². The molecular formula is C17H23FN2O2. The fraction of sp³-hybridized carbons (Fsp3) is 0.471. The van der Waals surface area contributed by atoms with Gasteiger partial charge < -0.3 is 15.4 Å². The van der Waals surface area contributed by atoms with Gasteiger partial charge in [0.25, 0.3) is 0 Å². The van der Waals surface area contributed by atoms with E-state index in [-0.39, 0.29) is 18.3 Å². The van der Waals surface area contributed by atoms with Gasteiger partial charge in [-0.05, 0) is 49.8 Å². The van der Waals surface area contributed by atoms with Crippen LogP contribution in [0, 0.1) is 5.82 Å². The molecule has 120 valence electrons. The van der Waals surface area contributed by atoms with Crippen LogP contribution in [0.5, 0.6) is 5.75 Å². The molecule has 1 aromatic rings. The number of ether oxygens (including phenoxy) is 1. The molecule has 2 amide bonds. The molecule has 1 aromatic carbocycles. The second kappa shape index (κ2) is 8.41. The van der Waals surface area contributed by atoms with Crippen molar-refractivity contribution in [3.05, 3.63) is 41.2 Å². The van der Waals surface area contributed by atoms with Crippen LogP contribution in [-0.4, -0.2) is 19.7 Å². The first-order chi connectivity index (χ1) is 10.7. The molecule has 0 heterocycles. The smallest absolute Gasteiger partial charge is 0.315 e. The zero-order valence-corrected chi connectivity index (χ0v) is 13.0. The van der Waals surface area contributed by atoms with Crippen LogP contribution in [0.2, 0.25) is 0 Å². The molecule has 2 rings (SSSR count). The molecule has 2 N–H and O–H groups in total. The van der Waals surface area contributed by atoms with E-state index in [4.69, 9.17) is 4.74 Å². The zero-order valence-electron chi connectivity index (χ0n) is 13.0. The monoisotopic (exact) mass is 306 g/mol. The zero-order chi connectivity index (χ0) is 15.8. The molecule has 22 heavy (non-hydrogen) atoms. The van der Waals surface area contributed by atoms with Gasteiger partial charge in [-0.1, -0.05) is 17.7 Å². The number of amides is 2. The molecule has 4 nitrogen and oxygen atoms in total. The highest BCUT2D eigenvalue weighted by Crippen LogP contribution is 2.19. The summed E-state index contributed by atoms with van der Waals surface area (Å²) < 4.78 is 18.4. The molecule has 0 fully saturated rings. The Kier molecular flexibility index (Phi) is 6.25. The van der Waals surface area contributed by atoms with Crippen molar-refractivity contribution in [3.63, 3.8) is 0 Å². The van der Waals surface area contributed by atoms with Gasteiger partial charge in [-0.3, -0.25) is 0 Å². The average Bonchev–Trinajstić information content (AvgIpc) is 2.54. The number of nitrogens with one attached hydrogen (secondary N) is 2. The highest BCUT2D eigenvalue weighted by molar-refractivity contribution is 5.73. The van der Waals surface area contributed by atoms with Crippen LogP contribution in [0.3, 0.4) is 0 Å². The van der Waals surface area contributed by atoms with Gasteiger partial charge in [0.15, 0.2) is 11.6 Å². The fourth-order valence-corrected chi connectivity index (χ4v) is 2.53. The van der Waals surface area contributed by atoms with E-state index in [1.807, 2.05) is 0 Å². The maximum Gasteiger partial charge on any atom is 0.315 e. The summed E-state index contributed by atoms with van der Waals surface area (Å²) in [5.74, 6) is -0.222. The highest BCUT2D eigenvalue weighted by Gasteiger charge is 2.06. The SMILES string of the molecule is COc1ccc(CNC(=O)NCCC2=CCCCC2)cc1F. The van der Waals surface area contributed by atoms with E-state index in [0.29, 0.717) is 12.1 Å². The first-order valence-electron chi connectivity index (χ1n) is 7.71. The van der Waals surface area contributed by atoms with E-state index in [9.17, 15) is 9.18 Å². The van der Waals surface area contributed by atoms with Crippen molar-refractivity contribution in [1.29, 1.82) is 0 Å². The van der Waals surface area contributed by atoms with Crippen molar-refractivity contribution in [2.45, 2.75) is 38.6 Å². The maximum atomic E-state index is 13.5. The topological polar surface area (TPSA) is 50.4 Å². The molecule has 0 saturated carbocycles. The van der Waals surface area contributed by atoms with Crippen LogP contribution in [0.25, 0.3) is 0 Å². The summed E-state index contributed by atoms with van der Waals surface area (Å²) in [7, 11) is 1.42. The quantitative estimate of drug-likeness (QED) is 0.790. The largest absolute Gasteiger partial charge is 0.494 e. The number of hydrogen-bond donors (Lipinski definition) is 2. The minimum absolute atomic E-state index is 0.203. The molecule has 0 unspecified atom stereocenters. The van der Waals surface area contributed by atoms with E-state index in [1.165, 1.54) is 31.6 Å². The highest BCUT2D eigenvalue weighted by atomic mass is 19.1. The van der Waals surface area contributed by atoms with Crippen LogP contribution < -0.4 is 15.4 Å². The van der Waals surface area contributed by atoms with E-state index < -0.39 is 5.82 Å². The number of urea groups is 1. The van der Waals surface area contributed by atoms with Gasteiger partial charge in [0.2, 0.25) is 0 Å². The fourth-order valence-electron chi connectivity index (χ4n) is 2.53. The molecule has 0 aliphatic heterocycles. The Morgan fingerprint density at radius 3 is 2.86 bits per heavy atom. The Balaban J connectivity index is 1.69. The third-order valence-corrected chi connectivity index (χ3v) is 3.79. The lowest BCUT2D eigenvalue weighted by atomic mass is 9.97. The molecule has 0 atom stereocenters. The van der Waals surface area contributed by atoms with Crippen molar-refractivity contribution < 1.29 is 13.9 Å². The van der Waals surface area contributed by atoms with Crippen LogP contribution >= 0.6 is 0 Å².